The molecule has 0 radical (unpaired) electrons. The van der Waals surface area contributed by atoms with Gasteiger partial charge >= 0.3 is 7.75 Å². The van der Waals surface area contributed by atoms with E-state index in [9.17, 15) is 9.46 Å². The number of oxime groups is 1. The van der Waals surface area contributed by atoms with Gasteiger partial charge in [0.1, 0.15) is 6.10 Å². The summed E-state index contributed by atoms with van der Waals surface area (Å²) in [6.07, 6.45) is 2.14. The average molecular weight is 324 g/mol. The molecule has 6 nitrogen and oxygen atoms in total. The molecule has 3 rings (SSSR count). The largest absolute Gasteiger partial charge is 0.405 e. The molecule has 2 aliphatic rings. The lowest BCUT2D eigenvalue weighted by molar-refractivity contribution is 0.0345. The monoisotopic (exact) mass is 324 g/mol. The van der Waals surface area contributed by atoms with Gasteiger partial charge in [-0.15, -0.1) is 0 Å². The molecule has 7 heteroatoms. The third kappa shape index (κ3) is 3.10. The van der Waals surface area contributed by atoms with Crippen LogP contribution in [0.1, 0.15) is 31.7 Å². The molecular formula is C15H21N2O4P. The van der Waals surface area contributed by atoms with Gasteiger partial charge in [0.2, 0.25) is 0 Å². The van der Waals surface area contributed by atoms with E-state index in [2.05, 4.69) is 5.16 Å². The van der Waals surface area contributed by atoms with Crippen LogP contribution in [0.15, 0.2) is 35.5 Å². The van der Waals surface area contributed by atoms with E-state index in [1.807, 2.05) is 30.3 Å². The standard InChI is InChI=1S/C15H21N2O4P/c1-2-20-22(18,19)17-10-6-9-14(17)15-11-13(16-21-15)12-7-4-3-5-8-12/h3-5,7-8,14-15H,2,6,9-11H2,1H3,(H,18,19). The summed E-state index contributed by atoms with van der Waals surface area (Å²) < 4.78 is 18.9. The lowest BCUT2D eigenvalue weighted by Crippen LogP contribution is -2.37. The van der Waals surface area contributed by atoms with Crippen LogP contribution < -0.4 is 0 Å². The Hall–Kier alpha value is -1.20. The molecule has 22 heavy (non-hydrogen) atoms. The molecule has 2 aliphatic heterocycles. The van der Waals surface area contributed by atoms with Crippen LogP contribution in [0.5, 0.6) is 0 Å². The van der Waals surface area contributed by atoms with Crippen molar-refractivity contribution in [3.63, 3.8) is 0 Å². The molecular weight excluding hydrogens is 303 g/mol. The molecule has 2 heterocycles. The third-order valence-corrected chi connectivity index (χ3v) is 5.86. The highest BCUT2D eigenvalue weighted by Crippen LogP contribution is 2.51. The normalized spacial score (nSPS) is 28.2. The molecule has 1 N–H and O–H groups in total. The summed E-state index contributed by atoms with van der Waals surface area (Å²) in [5.74, 6) is 0. The first-order valence-electron chi connectivity index (χ1n) is 7.64. The fourth-order valence-corrected chi connectivity index (χ4v) is 4.63. The maximum atomic E-state index is 12.3. The van der Waals surface area contributed by atoms with E-state index in [1.165, 1.54) is 0 Å². The minimum atomic E-state index is -3.74. The smallest absolute Gasteiger partial charge is 0.390 e. The molecule has 0 saturated carbocycles. The zero-order chi connectivity index (χ0) is 15.6. The number of hydrogen-bond donors (Lipinski definition) is 1. The van der Waals surface area contributed by atoms with E-state index in [1.54, 1.807) is 11.6 Å². The van der Waals surface area contributed by atoms with E-state index in [4.69, 9.17) is 9.36 Å². The van der Waals surface area contributed by atoms with Crippen molar-refractivity contribution in [1.82, 2.24) is 4.67 Å². The van der Waals surface area contributed by atoms with Gasteiger partial charge in [0.05, 0.1) is 18.4 Å². The number of nitrogens with zero attached hydrogens (tertiary/aromatic N) is 2. The molecule has 1 fully saturated rings. The molecule has 1 aromatic carbocycles. The van der Waals surface area contributed by atoms with Gasteiger partial charge in [-0.3, -0.25) is 4.52 Å². The molecule has 3 atom stereocenters. The molecule has 0 spiro atoms. The quantitative estimate of drug-likeness (QED) is 0.843. The predicted molar refractivity (Wildman–Crippen MR) is 83.6 cm³/mol. The lowest BCUT2D eigenvalue weighted by atomic mass is 10.00. The van der Waals surface area contributed by atoms with Crippen molar-refractivity contribution < 1.29 is 18.8 Å². The van der Waals surface area contributed by atoms with Crippen LogP contribution in [-0.2, 0) is 13.9 Å². The Morgan fingerprint density at radius 1 is 1.45 bits per heavy atom. The van der Waals surface area contributed by atoms with Crippen molar-refractivity contribution >= 4 is 13.5 Å². The third-order valence-electron chi connectivity index (χ3n) is 4.12. The molecule has 1 saturated heterocycles. The van der Waals surface area contributed by atoms with Crippen LogP contribution in [0.2, 0.25) is 0 Å². The van der Waals surface area contributed by atoms with Crippen molar-refractivity contribution in [2.45, 2.75) is 38.3 Å². The van der Waals surface area contributed by atoms with Crippen LogP contribution in [0, 0.1) is 0 Å². The van der Waals surface area contributed by atoms with Crippen LogP contribution in [0.4, 0.5) is 0 Å². The molecule has 0 amide bonds. The first-order chi connectivity index (χ1) is 10.6. The van der Waals surface area contributed by atoms with Crippen molar-refractivity contribution in [2.24, 2.45) is 5.16 Å². The van der Waals surface area contributed by atoms with Gasteiger partial charge in [-0.25, -0.2) is 9.24 Å². The Morgan fingerprint density at radius 3 is 2.95 bits per heavy atom. The summed E-state index contributed by atoms with van der Waals surface area (Å²) in [4.78, 5) is 15.7. The highest BCUT2D eigenvalue weighted by atomic mass is 31.2. The Bertz CT molecular complexity index is 592. The summed E-state index contributed by atoms with van der Waals surface area (Å²) in [7, 11) is -3.74. The highest BCUT2D eigenvalue weighted by Gasteiger charge is 2.45. The van der Waals surface area contributed by atoms with Gasteiger partial charge in [0.25, 0.3) is 0 Å². The average Bonchev–Trinajstić information content (AvgIpc) is 3.17. The number of rotatable bonds is 5. The van der Waals surface area contributed by atoms with Crippen LogP contribution >= 0.6 is 7.75 Å². The van der Waals surface area contributed by atoms with E-state index < -0.39 is 7.75 Å². The Kier molecular flexibility index (Phi) is 4.64. The molecule has 1 aromatic rings. The second kappa shape index (κ2) is 6.50. The predicted octanol–water partition coefficient (Wildman–Crippen LogP) is 2.78. The summed E-state index contributed by atoms with van der Waals surface area (Å²) in [6, 6.07) is 9.74. The molecule has 3 unspecified atom stereocenters. The van der Waals surface area contributed by atoms with Gasteiger partial charge < -0.3 is 9.73 Å². The summed E-state index contributed by atoms with van der Waals surface area (Å²) in [5.41, 5.74) is 1.92. The van der Waals surface area contributed by atoms with Gasteiger partial charge in [-0.1, -0.05) is 35.5 Å². The summed E-state index contributed by atoms with van der Waals surface area (Å²) in [5, 5.41) is 4.17. The SMILES string of the molecule is CCOP(=O)(O)N1CCCC1C1CC(c2ccccc2)=NO1. The Balaban J connectivity index is 1.70. The second-order valence-corrected chi connectivity index (χ2v) is 7.29. The second-order valence-electron chi connectivity index (χ2n) is 5.53. The molecule has 0 bridgehead atoms. The highest BCUT2D eigenvalue weighted by molar-refractivity contribution is 7.50. The van der Waals surface area contributed by atoms with Crippen molar-refractivity contribution in [3.8, 4) is 0 Å². The van der Waals surface area contributed by atoms with E-state index in [0.29, 0.717) is 13.0 Å². The van der Waals surface area contributed by atoms with E-state index in [0.717, 1.165) is 24.1 Å². The van der Waals surface area contributed by atoms with Crippen molar-refractivity contribution in [3.05, 3.63) is 35.9 Å². The fraction of sp³-hybridized carbons (Fsp3) is 0.533. The van der Waals surface area contributed by atoms with Crippen LogP contribution in [-0.4, -0.2) is 40.6 Å². The van der Waals surface area contributed by atoms with Crippen molar-refractivity contribution in [1.29, 1.82) is 0 Å². The first kappa shape index (κ1) is 15.7. The zero-order valence-corrected chi connectivity index (χ0v) is 13.5. The van der Waals surface area contributed by atoms with Crippen LogP contribution in [0.3, 0.4) is 0 Å². The van der Waals surface area contributed by atoms with Gasteiger partial charge in [0.15, 0.2) is 0 Å². The zero-order valence-electron chi connectivity index (χ0n) is 12.6. The first-order valence-corrected chi connectivity index (χ1v) is 9.17. The van der Waals surface area contributed by atoms with E-state index in [-0.39, 0.29) is 18.8 Å². The minimum absolute atomic E-state index is 0.132. The maximum Gasteiger partial charge on any atom is 0.405 e. The molecule has 120 valence electrons. The van der Waals surface area contributed by atoms with Crippen molar-refractivity contribution in [2.75, 3.05) is 13.2 Å². The fourth-order valence-electron chi connectivity index (χ4n) is 3.12. The summed E-state index contributed by atoms with van der Waals surface area (Å²) >= 11 is 0. The van der Waals surface area contributed by atoms with Crippen LogP contribution in [0.25, 0.3) is 0 Å². The Labute approximate surface area is 130 Å². The summed E-state index contributed by atoms with van der Waals surface area (Å²) in [6.45, 7) is 2.49. The molecule has 0 aliphatic carbocycles. The Morgan fingerprint density at radius 2 is 2.23 bits per heavy atom. The lowest BCUT2D eigenvalue weighted by Gasteiger charge is -2.30. The molecule has 0 aromatic heterocycles. The van der Waals surface area contributed by atoms with E-state index >= 15 is 0 Å². The maximum absolute atomic E-state index is 12.3. The number of hydrogen-bond acceptors (Lipinski definition) is 4. The minimum Gasteiger partial charge on any atom is -0.390 e. The van der Waals surface area contributed by atoms with Gasteiger partial charge in [-0.2, -0.15) is 0 Å². The van der Waals surface area contributed by atoms with Gasteiger partial charge in [-0.05, 0) is 25.3 Å². The number of benzene rings is 1. The topological polar surface area (TPSA) is 71.4 Å². The van der Waals surface area contributed by atoms with Gasteiger partial charge in [0, 0.05) is 13.0 Å².